The van der Waals surface area contributed by atoms with Crippen molar-refractivity contribution >= 4 is 16.9 Å². The second-order valence-electron chi connectivity index (χ2n) is 7.51. The van der Waals surface area contributed by atoms with E-state index < -0.39 is 0 Å². The normalized spacial score (nSPS) is 14.7. The monoisotopic (exact) mass is 398 g/mol. The number of benzene rings is 1. The summed E-state index contributed by atoms with van der Waals surface area (Å²) in [5.74, 6) is 1.66. The second-order valence-corrected chi connectivity index (χ2v) is 7.51. The maximum Gasteiger partial charge on any atom is 0.255 e. The van der Waals surface area contributed by atoms with E-state index in [4.69, 9.17) is 4.74 Å². The van der Waals surface area contributed by atoms with E-state index in [1.807, 2.05) is 41.3 Å². The van der Waals surface area contributed by atoms with E-state index in [0.717, 1.165) is 37.3 Å². The van der Waals surface area contributed by atoms with Crippen molar-refractivity contribution in [1.29, 1.82) is 0 Å². The highest BCUT2D eigenvalue weighted by molar-refractivity contribution is 5.94. The summed E-state index contributed by atoms with van der Waals surface area (Å²) in [6.45, 7) is 1.47. The first-order chi connectivity index (χ1) is 14.8. The van der Waals surface area contributed by atoms with Gasteiger partial charge in [0.25, 0.3) is 5.91 Å². The number of pyridine rings is 2. The minimum absolute atomic E-state index is 0.0211. The van der Waals surface area contributed by atoms with Gasteiger partial charge in [-0.05, 0) is 54.7 Å². The molecule has 0 saturated carbocycles. The largest absolute Gasteiger partial charge is 0.439 e. The SMILES string of the molecule is O=C(c1ccc(Oc2ccccc2)nc1)N1CCC(c2c[nH]c3ncccc23)CC1. The van der Waals surface area contributed by atoms with Crippen LogP contribution in [-0.4, -0.2) is 38.8 Å². The number of carbonyl (C=O) groups excluding carboxylic acids is 1. The third kappa shape index (κ3) is 3.64. The van der Waals surface area contributed by atoms with Gasteiger partial charge < -0.3 is 14.6 Å². The molecule has 0 bridgehead atoms. The first-order valence-corrected chi connectivity index (χ1v) is 10.2. The summed E-state index contributed by atoms with van der Waals surface area (Å²) in [5.41, 5.74) is 2.81. The predicted octanol–water partition coefficient (Wildman–Crippen LogP) is 4.77. The number of carbonyl (C=O) groups is 1. The van der Waals surface area contributed by atoms with Crippen molar-refractivity contribution in [3.8, 4) is 11.6 Å². The molecule has 4 heterocycles. The van der Waals surface area contributed by atoms with Gasteiger partial charge in [-0.3, -0.25) is 4.79 Å². The number of piperidine rings is 1. The maximum atomic E-state index is 12.9. The number of aromatic nitrogens is 3. The van der Waals surface area contributed by atoms with Gasteiger partial charge in [0.2, 0.25) is 5.88 Å². The van der Waals surface area contributed by atoms with Gasteiger partial charge in [-0.2, -0.15) is 0 Å². The van der Waals surface area contributed by atoms with Gasteiger partial charge in [-0.25, -0.2) is 9.97 Å². The number of likely N-dealkylation sites (tertiary alicyclic amines) is 1. The lowest BCUT2D eigenvalue weighted by Gasteiger charge is -2.32. The second kappa shape index (κ2) is 7.99. The third-order valence-electron chi connectivity index (χ3n) is 5.65. The Morgan fingerprint density at radius 3 is 2.60 bits per heavy atom. The summed E-state index contributed by atoms with van der Waals surface area (Å²) in [7, 11) is 0. The molecule has 0 spiro atoms. The Kier molecular flexibility index (Phi) is 4.89. The van der Waals surface area contributed by atoms with Crippen molar-refractivity contribution in [2.45, 2.75) is 18.8 Å². The highest BCUT2D eigenvalue weighted by atomic mass is 16.5. The first kappa shape index (κ1) is 18.4. The van der Waals surface area contributed by atoms with Crippen molar-refractivity contribution in [2.75, 3.05) is 13.1 Å². The summed E-state index contributed by atoms with van der Waals surface area (Å²) in [6.07, 6.45) is 7.34. The Balaban J connectivity index is 1.22. The van der Waals surface area contributed by atoms with Gasteiger partial charge in [-0.15, -0.1) is 0 Å². The maximum absolute atomic E-state index is 12.9. The zero-order valence-corrected chi connectivity index (χ0v) is 16.5. The number of hydrogen-bond donors (Lipinski definition) is 1. The van der Waals surface area contributed by atoms with E-state index in [2.05, 4.69) is 27.2 Å². The lowest BCUT2D eigenvalue weighted by molar-refractivity contribution is 0.0713. The quantitative estimate of drug-likeness (QED) is 0.537. The van der Waals surface area contributed by atoms with Gasteiger partial charge >= 0.3 is 0 Å². The van der Waals surface area contributed by atoms with Crippen LogP contribution in [-0.2, 0) is 0 Å². The Hall–Kier alpha value is -3.67. The zero-order valence-electron chi connectivity index (χ0n) is 16.5. The number of nitrogens with one attached hydrogen (secondary N) is 1. The van der Waals surface area contributed by atoms with Crippen LogP contribution >= 0.6 is 0 Å². The molecule has 1 fully saturated rings. The molecule has 6 nitrogen and oxygen atoms in total. The Morgan fingerprint density at radius 2 is 1.83 bits per heavy atom. The van der Waals surface area contributed by atoms with E-state index in [1.165, 1.54) is 10.9 Å². The third-order valence-corrected chi connectivity index (χ3v) is 5.65. The zero-order chi connectivity index (χ0) is 20.3. The number of nitrogens with zero attached hydrogens (tertiary/aromatic N) is 3. The highest BCUT2D eigenvalue weighted by Crippen LogP contribution is 2.33. The summed E-state index contributed by atoms with van der Waals surface area (Å²) >= 11 is 0. The number of amides is 1. The van der Waals surface area contributed by atoms with Crippen molar-refractivity contribution < 1.29 is 9.53 Å². The van der Waals surface area contributed by atoms with E-state index in [0.29, 0.717) is 17.4 Å². The van der Waals surface area contributed by atoms with Gasteiger partial charge in [0.1, 0.15) is 11.4 Å². The van der Waals surface area contributed by atoms with Crippen LogP contribution in [0.5, 0.6) is 11.6 Å². The van der Waals surface area contributed by atoms with Crippen molar-refractivity contribution in [1.82, 2.24) is 19.9 Å². The molecule has 0 unspecified atom stereocenters. The van der Waals surface area contributed by atoms with Crippen LogP contribution in [0.1, 0.15) is 34.7 Å². The van der Waals surface area contributed by atoms with Crippen molar-refractivity contribution in [3.05, 3.63) is 84.3 Å². The van der Waals surface area contributed by atoms with Gasteiger partial charge in [0, 0.05) is 43.1 Å². The smallest absolute Gasteiger partial charge is 0.255 e. The lowest BCUT2D eigenvalue weighted by atomic mass is 9.89. The molecular weight excluding hydrogens is 376 g/mol. The molecule has 0 radical (unpaired) electrons. The molecule has 1 saturated heterocycles. The van der Waals surface area contributed by atoms with Gasteiger partial charge in [0.15, 0.2) is 0 Å². The number of ether oxygens (including phenoxy) is 1. The van der Waals surface area contributed by atoms with Crippen LogP contribution in [0.25, 0.3) is 11.0 Å². The molecule has 4 aromatic rings. The molecule has 1 N–H and O–H groups in total. The molecule has 6 heteroatoms. The molecule has 150 valence electrons. The molecule has 5 rings (SSSR count). The van der Waals surface area contributed by atoms with Gasteiger partial charge in [-0.1, -0.05) is 18.2 Å². The van der Waals surface area contributed by atoms with E-state index in [9.17, 15) is 4.79 Å². The molecule has 30 heavy (non-hydrogen) atoms. The highest BCUT2D eigenvalue weighted by Gasteiger charge is 2.26. The van der Waals surface area contributed by atoms with Crippen LogP contribution in [0.3, 0.4) is 0 Å². The predicted molar refractivity (Wildman–Crippen MR) is 115 cm³/mol. The summed E-state index contributed by atoms with van der Waals surface area (Å²) in [6, 6.07) is 17.1. The number of aromatic amines is 1. The topological polar surface area (TPSA) is 71.1 Å². The first-order valence-electron chi connectivity index (χ1n) is 10.2. The molecular formula is C24H22N4O2. The van der Waals surface area contributed by atoms with Crippen molar-refractivity contribution in [2.24, 2.45) is 0 Å². The lowest BCUT2D eigenvalue weighted by Crippen LogP contribution is -2.37. The molecule has 3 aromatic heterocycles. The summed E-state index contributed by atoms with van der Waals surface area (Å²) in [4.78, 5) is 26.7. The molecule has 1 amide bonds. The Bertz CT molecular complexity index is 1150. The molecule has 1 aliphatic rings. The summed E-state index contributed by atoms with van der Waals surface area (Å²) in [5, 5.41) is 1.18. The fourth-order valence-corrected chi connectivity index (χ4v) is 4.07. The van der Waals surface area contributed by atoms with E-state index in [-0.39, 0.29) is 5.91 Å². The molecule has 0 atom stereocenters. The number of para-hydroxylation sites is 1. The fraction of sp³-hybridized carbons (Fsp3) is 0.208. The Labute approximate surface area is 174 Å². The Morgan fingerprint density at radius 1 is 1.00 bits per heavy atom. The van der Waals surface area contributed by atoms with Crippen LogP contribution in [0.2, 0.25) is 0 Å². The minimum atomic E-state index is 0.0211. The molecule has 1 aliphatic heterocycles. The van der Waals surface area contributed by atoms with Crippen LogP contribution < -0.4 is 4.74 Å². The average molecular weight is 398 g/mol. The molecule has 1 aromatic carbocycles. The van der Waals surface area contributed by atoms with Crippen LogP contribution in [0, 0.1) is 0 Å². The number of fused-ring (bicyclic) bond motifs is 1. The van der Waals surface area contributed by atoms with E-state index in [1.54, 1.807) is 24.5 Å². The summed E-state index contributed by atoms with van der Waals surface area (Å²) < 4.78 is 5.71. The van der Waals surface area contributed by atoms with Crippen LogP contribution in [0.15, 0.2) is 73.2 Å². The number of hydrogen-bond acceptors (Lipinski definition) is 4. The average Bonchev–Trinajstić information content (AvgIpc) is 3.24. The number of rotatable bonds is 4. The fourth-order valence-electron chi connectivity index (χ4n) is 4.07. The molecule has 0 aliphatic carbocycles. The van der Waals surface area contributed by atoms with Crippen molar-refractivity contribution in [3.63, 3.8) is 0 Å². The standard InChI is InChI=1S/C24H22N4O2/c29-24(18-8-9-22(26-15-18)30-19-5-2-1-3-6-19)28-13-10-17(11-14-28)21-16-27-23-20(21)7-4-12-25-23/h1-9,12,15-17H,10-11,13-14H2,(H,25,27). The number of H-pyrrole nitrogens is 1. The minimum Gasteiger partial charge on any atom is -0.439 e. The van der Waals surface area contributed by atoms with Crippen LogP contribution in [0.4, 0.5) is 0 Å². The van der Waals surface area contributed by atoms with Gasteiger partial charge in [0.05, 0.1) is 5.56 Å². The van der Waals surface area contributed by atoms with E-state index >= 15 is 0 Å².